The van der Waals surface area contributed by atoms with Gasteiger partial charge in [-0.1, -0.05) is 43.7 Å². The van der Waals surface area contributed by atoms with Crippen molar-refractivity contribution in [2.24, 2.45) is 7.05 Å². The van der Waals surface area contributed by atoms with E-state index in [-0.39, 0.29) is 0 Å². The van der Waals surface area contributed by atoms with Crippen LogP contribution in [-0.2, 0) is 19.9 Å². The van der Waals surface area contributed by atoms with Crippen LogP contribution in [-0.4, -0.2) is 16.3 Å². The summed E-state index contributed by atoms with van der Waals surface area (Å²) in [5.41, 5.74) is 5.12. The van der Waals surface area contributed by atoms with Gasteiger partial charge in [0.15, 0.2) is 0 Å². The Balaban J connectivity index is 2.20. The van der Waals surface area contributed by atoms with Crippen LogP contribution in [0.4, 0.5) is 0 Å². The minimum Gasteiger partial charge on any atom is -0.308 e. The van der Waals surface area contributed by atoms with Crippen LogP contribution in [0.3, 0.4) is 0 Å². The lowest BCUT2D eigenvalue weighted by atomic mass is 10.0. The second-order valence-corrected chi connectivity index (χ2v) is 5.73. The van der Waals surface area contributed by atoms with Crippen LogP contribution in [0, 0.1) is 6.92 Å². The van der Waals surface area contributed by atoms with Crippen molar-refractivity contribution in [3.63, 3.8) is 0 Å². The molecule has 0 aliphatic carbocycles. The Hall–Kier alpha value is -1.61. The Labute approximate surface area is 128 Å². The smallest absolute Gasteiger partial charge is 0.0625 e. The molecule has 3 heteroatoms. The van der Waals surface area contributed by atoms with Gasteiger partial charge in [0.05, 0.1) is 17.4 Å². The fraction of sp³-hybridized carbons (Fsp3) is 0.500. The van der Waals surface area contributed by atoms with E-state index in [9.17, 15) is 0 Å². The second-order valence-electron chi connectivity index (χ2n) is 5.73. The maximum absolute atomic E-state index is 4.59. The van der Waals surface area contributed by atoms with Crippen LogP contribution >= 0.6 is 0 Å². The summed E-state index contributed by atoms with van der Waals surface area (Å²) in [5, 5.41) is 8.26. The molecule has 1 atom stereocenters. The van der Waals surface area contributed by atoms with Gasteiger partial charge in [0.25, 0.3) is 0 Å². The molecule has 1 unspecified atom stereocenters. The standard InChI is InChI=1S/C18H27N3/c1-5-11-19-17(12-15-9-7-14(3)8-10-15)18-13-16(6-2)20-21(18)4/h7-10,13,17,19H,5-6,11-12H2,1-4H3. The van der Waals surface area contributed by atoms with Crippen LogP contribution in [0.1, 0.15) is 48.8 Å². The lowest BCUT2D eigenvalue weighted by molar-refractivity contribution is 0.493. The van der Waals surface area contributed by atoms with Crippen molar-refractivity contribution in [2.75, 3.05) is 6.54 Å². The van der Waals surface area contributed by atoms with Crippen LogP contribution in [0.5, 0.6) is 0 Å². The first-order valence-electron chi connectivity index (χ1n) is 7.95. The summed E-state index contributed by atoms with van der Waals surface area (Å²) >= 11 is 0. The van der Waals surface area contributed by atoms with Gasteiger partial charge in [-0.05, 0) is 44.4 Å². The van der Waals surface area contributed by atoms with E-state index in [0.29, 0.717) is 6.04 Å². The normalized spacial score (nSPS) is 12.6. The third kappa shape index (κ3) is 4.18. The van der Waals surface area contributed by atoms with E-state index in [2.05, 4.69) is 61.5 Å². The largest absolute Gasteiger partial charge is 0.308 e. The lowest BCUT2D eigenvalue weighted by Gasteiger charge is -2.19. The van der Waals surface area contributed by atoms with Crippen molar-refractivity contribution < 1.29 is 0 Å². The number of benzene rings is 1. The summed E-state index contributed by atoms with van der Waals surface area (Å²) in [6.45, 7) is 7.52. The van der Waals surface area contributed by atoms with E-state index >= 15 is 0 Å². The Bertz CT molecular complexity index is 554. The average molecular weight is 285 g/mol. The molecule has 3 nitrogen and oxygen atoms in total. The zero-order chi connectivity index (χ0) is 15.2. The van der Waals surface area contributed by atoms with E-state index < -0.39 is 0 Å². The van der Waals surface area contributed by atoms with E-state index in [4.69, 9.17) is 0 Å². The third-order valence-electron chi connectivity index (χ3n) is 3.89. The first-order valence-corrected chi connectivity index (χ1v) is 7.95. The highest BCUT2D eigenvalue weighted by Crippen LogP contribution is 2.20. The number of hydrogen-bond acceptors (Lipinski definition) is 2. The summed E-state index contributed by atoms with van der Waals surface area (Å²) in [7, 11) is 2.05. The average Bonchev–Trinajstić information content (AvgIpc) is 2.86. The first-order chi connectivity index (χ1) is 10.1. The van der Waals surface area contributed by atoms with E-state index in [1.807, 2.05) is 11.7 Å². The monoisotopic (exact) mass is 285 g/mol. The zero-order valence-corrected chi connectivity index (χ0v) is 13.7. The number of nitrogens with one attached hydrogen (secondary N) is 1. The molecule has 1 aromatic heterocycles. The van der Waals surface area contributed by atoms with Gasteiger partial charge in [-0.3, -0.25) is 4.68 Å². The predicted octanol–water partition coefficient (Wildman–Crippen LogP) is 3.57. The van der Waals surface area contributed by atoms with Crippen molar-refractivity contribution in [2.45, 2.75) is 46.1 Å². The Kier molecular flexibility index (Phi) is 5.57. The third-order valence-corrected chi connectivity index (χ3v) is 3.89. The molecule has 2 rings (SSSR count). The van der Waals surface area contributed by atoms with Crippen LogP contribution in [0.15, 0.2) is 30.3 Å². The Morgan fingerprint density at radius 2 is 1.90 bits per heavy atom. The number of aryl methyl sites for hydroxylation is 3. The molecule has 0 saturated heterocycles. The Morgan fingerprint density at radius 1 is 1.19 bits per heavy atom. The highest BCUT2D eigenvalue weighted by molar-refractivity contribution is 5.24. The summed E-state index contributed by atoms with van der Waals surface area (Å²) < 4.78 is 2.03. The zero-order valence-electron chi connectivity index (χ0n) is 13.7. The quantitative estimate of drug-likeness (QED) is 0.843. The van der Waals surface area contributed by atoms with Crippen molar-refractivity contribution in [1.82, 2.24) is 15.1 Å². The molecule has 1 heterocycles. The minimum absolute atomic E-state index is 0.324. The second kappa shape index (κ2) is 7.41. The molecule has 0 fully saturated rings. The van der Waals surface area contributed by atoms with Gasteiger partial charge in [-0.25, -0.2) is 0 Å². The van der Waals surface area contributed by atoms with Gasteiger partial charge in [-0.15, -0.1) is 0 Å². The van der Waals surface area contributed by atoms with Gasteiger partial charge in [0, 0.05) is 7.05 Å². The molecule has 21 heavy (non-hydrogen) atoms. The van der Waals surface area contributed by atoms with Crippen LogP contribution in [0.2, 0.25) is 0 Å². The van der Waals surface area contributed by atoms with Crippen molar-refractivity contribution in [1.29, 1.82) is 0 Å². The molecule has 114 valence electrons. The van der Waals surface area contributed by atoms with Gasteiger partial charge >= 0.3 is 0 Å². The van der Waals surface area contributed by atoms with Gasteiger partial charge in [0.2, 0.25) is 0 Å². The summed E-state index contributed by atoms with van der Waals surface area (Å²) in [6, 6.07) is 11.4. The highest BCUT2D eigenvalue weighted by Gasteiger charge is 2.16. The molecule has 1 aromatic carbocycles. The maximum Gasteiger partial charge on any atom is 0.0625 e. The van der Waals surface area contributed by atoms with E-state index in [0.717, 1.165) is 25.8 Å². The van der Waals surface area contributed by atoms with E-state index in [1.54, 1.807) is 0 Å². The van der Waals surface area contributed by atoms with Crippen molar-refractivity contribution in [3.8, 4) is 0 Å². The SMILES string of the molecule is CCCNC(Cc1ccc(C)cc1)c1cc(CC)nn1C. The lowest BCUT2D eigenvalue weighted by Crippen LogP contribution is -2.26. The van der Waals surface area contributed by atoms with Crippen molar-refractivity contribution in [3.05, 3.63) is 52.8 Å². The fourth-order valence-electron chi connectivity index (χ4n) is 2.60. The number of nitrogens with zero attached hydrogens (tertiary/aromatic N) is 2. The Morgan fingerprint density at radius 3 is 2.48 bits per heavy atom. The highest BCUT2D eigenvalue weighted by atomic mass is 15.3. The first kappa shape index (κ1) is 15.8. The molecule has 0 saturated carbocycles. The van der Waals surface area contributed by atoms with Gasteiger partial charge in [0.1, 0.15) is 0 Å². The molecule has 0 aliphatic rings. The van der Waals surface area contributed by atoms with Crippen LogP contribution < -0.4 is 5.32 Å². The number of aromatic nitrogens is 2. The summed E-state index contributed by atoms with van der Waals surface area (Å²) in [5.74, 6) is 0. The topological polar surface area (TPSA) is 29.9 Å². The molecular weight excluding hydrogens is 258 g/mol. The van der Waals surface area contributed by atoms with Crippen LogP contribution in [0.25, 0.3) is 0 Å². The summed E-state index contributed by atoms with van der Waals surface area (Å²) in [6.07, 6.45) is 3.13. The molecule has 2 aromatic rings. The molecule has 0 bridgehead atoms. The van der Waals surface area contributed by atoms with Crippen molar-refractivity contribution >= 4 is 0 Å². The fourth-order valence-corrected chi connectivity index (χ4v) is 2.60. The molecule has 0 radical (unpaired) electrons. The number of hydrogen-bond donors (Lipinski definition) is 1. The predicted molar refractivity (Wildman–Crippen MR) is 88.5 cm³/mol. The van der Waals surface area contributed by atoms with E-state index in [1.165, 1.54) is 22.5 Å². The minimum atomic E-state index is 0.324. The maximum atomic E-state index is 4.59. The number of rotatable bonds is 7. The molecule has 0 spiro atoms. The molecule has 0 aliphatic heterocycles. The molecule has 0 amide bonds. The molecule has 1 N–H and O–H groups in total. The van der Waals surface area contributed by atoms with Gasteiger partial charge in [-0.2, -0.15) is 5.10 Å². The summed E-state index contributed by atoms with van der Waals surface area (Å²) in [4.78, 5) is 0. The van der Waals surface area contributed by atoms with Gasteiger partial charge < -0.3 is 5.32 Å². The molecular formula is C18H27N3.